The van der Waals surface area contributed by atoms with Crippen molar-refractivity contribution in [1.29, 1.82) is 0 Å². The normalized spacial score (nSPS) is 11.7. The van der Waals surface area contributed by atoms with Gasteiger partial charge in [0, 0.05) is 0 Å². The summed E-state index contributed by atoms with van der Waals surface area (Å²) < 4.78 is 36.0. The molecule has 0 nitrogen and oxygen atoms in total. The van der Waals surface area contributed by atoms with Gasteiger partial charge in [-0.2, -0.15) is 13.2 Å². The van der Waals surface area contributed by atoms with Crippen LogP contribution in [0.25, 0.3) is 0 Å². The highest BCUT2D eigenvalue weighted by Crippen LogP contribution is 2.28. The summed E-state index contributed by atoms with van der Waals surface area (Å²) in [5, 5.41) is 0. The number of alkyl halides is 3. The van der Waals surface area contributed by atoms with Crippen molar-refractivity contribution in [3.63, 3.8) is 0 Å². The van der Waals surface area contributed by atoms with Gasteiger partial charge in [0.05, 0.1) is 5.56 Å². The van der Waals surface area contributed by atoms with E-state index in [9.17, 15) is 13.2 Å². The highest BCUT2D eigenvalue weighted by Gasteiger charge is 2.30. The lowest BCUT2D eigenvalue weighted by molar-refractivity contribution is -0.137. The monoisotopic (exact) mass is 173 g/mol. The summed E-state index contributed by atoms with van der Waals surface area (Å²) in [5.41, 5.74) is 0.155. The summed E-state index contributed by atoms with van der Waals surface area (Å²) in [6.07, 6.45) is -3.54. The molecule has 3 heteroatoms. The Hall–Kier alpha value is -0.990. The second kappa shape index (κ2) is 3.17. The fourth-order valence-electron chi connectivity index (χ4n) is 0.853. The molecule has 0 amide bonds. The molecule has 1 aromatic rings. The van der Waals surface area contributed by atoms with Gasteiger partial charge >= 0.3 is 6.18 Å². The second-order valence-electron chi connectivity index (χ2n) is 2.46. The molecule has 0 saturated heterocycles. The Bertz CT molecular complexity index is 245. The second-order valence-corrected chi connectivity index (χ2v) is 2.46. The zero-order chi connectivity index (χ0) is 9.19. The van der Waals surface area contributed by atoms with Crippen LogP contribution >= 0.6 is 0 Å². The third kappa shape index (κ3) is 2.00. The fraction of sp³-hybridized carbons (Fsp3) is 0.333. The summed E-state index contributed by atoms with van der Waals surface area (Å²) in [7, 11) is 0. The van der Waals surface area contributed by atoms with Gasteiger partial charge in [-0.3, -0.25) is 0 Å². The van der Waals surface area contributed by atoms with Gasteiger partial charge in [0.15, 0.2) is 0 Å². The van der Waals surface area contributed by atoms with Gasteiger partial charge in [-0.1, -0.05) is 19.1 Å². The van der Waals surface area contributed by atoms with E-state index in [1.807, 2.05) is 6.92 Å². The van der Waals surface area contributed by atoms with Crippen molar-refractivity contribution in [3.8, 4) is 0 Å². The lowest BCUT2D eigenvalue weighted by Crippen LogP contribution is -2.04. The number of hydrogen-bond acceptors (Lipinski definition) is 0. The summed E-state index contributed by atoms with van der Waals surface area (Å²) in [5.74, 6) is 0. The van der Waals surface area contributed by atoms with Gasteiger partial charge in [0.1, 0.15) is 0 Å². The molecule has 0 heterocycles. The zero-order valence-electron chi connectivity index (χ0n) is 6.57. The molecule has 0 spiro atoms. The minimum absolute atomic E-state index is 0.709. The van der Waals surface area contributed by atoms with Gasteiger partial charge in [0.2, 0.25) is 0 Å². The standard InChI is InChI=1S/C9H8F3/c1-2-7-3-5-8(6-4-7)9(10,11)12/h3-5H,2H2,1H3. The molecule has 1 rings (SSSR count). The van der Waals surface area contributed by atoms with E-state index in [-0.39, 0.29) is 0 Å². The van der Waals surface area contributed by atoms with Crippen LogP contribution < -0.4 is 0 Å². The maximum Gasteiger partial charge on any atom is 0.417 e. The minimum Gasteiger partial charge on any atom is -0.166 e. The quantitative estimate of drug-likeness (QED) is 0.612. The Labute approximate surface area is 69.0 Å². The first-order chi connectivity index (χ1) is 5.54. The predicted octanol–water partition coefficient (Wildman–Crippen LogP) is 3.07. The average molecular weight is 173 g/mol. The van der Waals surface area contributed by atoms with Crippen LogP contribution in [0.1, 0.15) is 18.1 Å². The van der Waals surface area contributed by atoms with E-state index in [1.165, 1.54) is 12.1 Å². The molecule has 0 aliphatic rings. The summed E-state index contributed by atoms with van der Waals surface area (Å²) in [6, 6.07) is 6.11. The van der Waals surface area contributed by atoms with E-state index in [2.05, 4.69) is 6.07 Å². The van der Waals surface area contributed by atoms with Crippen LogP contribution in [0.3, 0.4) is 0 Å². The molecule has 0 aliphatic heterocycles. The SMILES string of the molecule is CCc1c[c]c(C(F)(F)F)cc1. The lowest BCUT2D eigenvalue weighted by atomic mass is 10.1. The summed E-state index contributed by atoms with van der Waals surface area (Å²) >= 11 is 0. The van der Waals surface area contributed by atoms with Crippen LogP contribution in [0, 0.1) is 6.07 Å². The highest BCUT2D eigenvalue weighted by atomic mass is 19.4. The number of halogens is 3. The largest absolute Gasteiger partial charge is 0.417 e. The van der Waals surface area contributed by atoms with Crippen LogP contribution in [-0.2, 0) is 12.6 Å². The molecular formula is C9H8F3. The number of rotatable bonds is 1. The van der Waals surface area contributed by atoms with E-state index in [4.69, 9.17) is 0 Å². The highest BCUT2D eigenvalue weighted by molar-refractivity contribution is 5.23. The first-order valence-corrected chi connectivity index (χ1v) is 3.62. The maximum atomic E-state index is 12.0. The number of aryl methyl sites for hydroxylation is 1. The van der Waals surface area contributed by atoms with Gasteiger partial charge < -0.3 is 0 Å². The molecule has 1 radical (unpaired) electrons. The molecule has 0 fully saturated rings. The Kier molecular flexibility index (Phi) is 2.40. The van der Waals surface area contributed by atoms with E-state index in [0.29, 0.717) is 0 Å². The maximum absolute atomic E-state index is 12.0. The van der Waals surface area contributed by atoms with E-state index in [1.54, 1.807) is 0 Å². The zero-order valence-corrected chi connectivity index (χ0v) is 6.57. The Morgan fingerprint density at radius 2 is 2.00 bits per heavy atom. The number of benzene rings is 1. The van der Waals surface area contributed by atoms with Crippen LogP contribution in [0.5, 0.6) is 0 Å². The molecule has 0 unspecified atom stereocenters. The molecule has 0 aromatic heterocycles. The van der Waals surface area contributed by atoms with Crippen molar-refractivity contribution >= 4 is 0 Å². The Balaban J connectivity index is 2.93. The Morgan fingerprint density at radius 1 is 1.33 bits per heavy atom. The van der Waals surface area contributed by atoms with Gasteiger partial charge in [-0.25, -0.2) is 0 Å². The molecule has 0 aliphatic carbocycles. The van der Waals surface area contributed by atoms with Crippen molar-refractivity contribution in [2.24, 2.45) is 0 Å². The molecule has 12 heavy (non-hydrogen) atoms. The first kappa shape index (κ1) is 9.10. The van der Waals surface area contributed by atoms with Crippen molar-refractivity contribution in [1.82, 2.24) is 0 Å². The third-order valence-corrected chi connectivity index (χ3v) is 1.59. The van der Waals surface area contributed by atoms with Gasteiger partial charge in [-0.05, 0) is 24.1 Å². The molecule has 65 valence electrons. The molecule has 0 N–H and O–H groups in total. The van der Waals surface area contributed by atoms with Crippen molar-refractivity contribution in [2.75, 3.05) is 0 Å². The van der Waals surface area contributed by atoms with Crippen molar-refractivity contribution in [2.45, 2.75) is 19.5 Å². The topological polar surface area (TPSA) is 0 Å². The average Bonchev–Trinajstić information content (AvgIpc) is 2.03. The smallest absolute Gasteiger partial charge is 0.166 e. The van der Waals surface area contributed by atoms with E-state index < -0.39 is 11.7 Å². The van der Waals surface area contributed by atoms with Gasteiger partial charge in [-0.15, -0.1) is 0 Å². The predicted molar refractivity (Wildman–Crippen MR) is 39.7 cm³/mol. The molecule has 0 saturated carbocycles. The lowest BCUT2D eigenvalue weighted by Gasteiger charge is -2.05. The summed E-state index contributed by atoms with van der Waals surface area (Å²) in [4.78, 5) is 0. The van der Waals surface area contributed by atoms with Gasteiger partial charge in [0.25, 0.3) is 0 Å². The third-order valence-electron chi connectivity index (χ3n) is 1.59. The van der Waals surface area contributed by atoms with Crippen LogP contribution in [-0.4, -0.2) is 0 Å². The van der Waals surface area contributed by atoms with Crippen LogP contribution in [0.15, 0.2) is 18.2 Å². The molecular weight excluding hydrogens is 165 g/mol. The molecule has 0 atom stereocenters. The minimum atomic E-state index is -4.27. The first-order valence-electron chi connectivity index (χ1n) is 3.62. The van der Waals surface area contributed by atoms with Crippen molar-refractivity contribution in [3.05, 3.63) is 35.4 Å². The van der Waals surface area contributed by atoms with Crippen LogP contribution in [0.4, 0.5) is 13.2 Å². The van der Waals surface area contributed by atoms with E-state index in [0.717, 1.165) is 18.1 Å². The molecule has 1 aromatic carbocycles. The van der Waals surface area contributed by atoms with Crippen LogP contribution in [0.2, 0.25) is 0 Å². The van der Waals surface area contributed by atoms with E-state index >= 15 is 0 Å². The summed E-state index contributed by atoms with van der Waals surface area (Å²) in [6.45, 7) is 1.89. The van der Waals surface area contributed by atoms with Crippen molar-refractivity contribution < 1.29 is 13.2 Å². The fourth-order valence-corrected chi connectivity index (χ4v) is 0.853. The molecule has 0 bridgehead atoms. The number of hydrogen-bond donors (Lipinski definition) is 0. The Morgan fingerprint density at radius 3 is 2.33 bits per heavy atom.